The first-order valence-electron chi connectivity index (χ1n) is 13.6. The van der Waals surface area contributed by atoms with E-state index in [1.165, 1.54) is 0 Å². The van der Waals surface area contributed by atoms with E-state index in [0.29, 0.717) is 0 Å². The van der Waals surface area contributed by atoms with Crippen LogP contribution in [0.4, 0.5) is 0 Å². The van der Waals surface area contributed by atoms with Gasteiger partial charge in [0.1, 0.15) is 17.7 Å². The zero-order valence-corrected chi connectivity index (χ0v) is 32.4. The van der Waals surface area contributed by atoms with E-state index in [0.717, 1.165) is 5.56 Å². The van der Waals surface area contributed by atoms with Gasteiger partial charge in [0.25, 0.3) is 0 Å². The number of rotatable bonds is 3. The second kappa shape index (κ2) is 11.8. The molecule has 1 aliphatic heterocycles. The maximum absolute atomic E-state index is 9.53. The topological polar surface area (TPSA) is 47.6 Å². The second-order valence-corrected chi connectivity index (χ2v) is 82.9. The SMILES string of the molecule is C[Si]1(C)[Si](C)(C)[Si](C)(c2ccccc2C=C(C#N)C#N)[Si](C)(C)[Si](C)([c-]2cccc2)[Si]1(C)C.[Fe+2].c1cc[cH-]c1. The van der Waals surface area contributed by atoms with Gasteiger partial charge >= 0.3 is 17.1 Å². The Morgan fingerprint density at radius 1 is 0.692 bits per heavy atom. The van der Waals surface area contributed by atoms with Gasteiger partial charge in [-0.05, 0) is 11.6 Å². The molecular formula is C30H44FeN2Si6. The molecule has 1 heterocycles. The molecule has 4 rings (SSSR count). The number of hydrogen-bond acceptors (Lipinski definition) is 2. The molecule has 3 aromatic carbocycles. The van der Waals surface area contributed by atoms with Crippen molar-refractivity contribution in [1.82, 2.24) is 0 Å². The van der Waals surface area contributed by atoms with Gasteiger partial charge in [-0.2, -0.15) is 46.0 Å². The van der Waals surface area contributed by atoms with Gasteiger partial charge < -0.3 is 0 Å². The molecule has 0 amide bonds. The number of nitrogens with zero attached hydrogens (tertiary/aromatic N) is 2. The molecule has 2 nitrogen and oxygen atoms in total. The molecule has 0 aromatic heterocycles. The van der Waals surface area contributed by atoms with Crippen LogP contribution in [0.15, 0.2) is 84.4 Å². The van der Waals surface area contributed by atoms with E-state index in [1.807, 2.05) is 36.4 Å². The molecule has 0 N–H and O–H groups in total. The first kappa shape index (κ1) is 33.7. The summed E-state index contributed by atoms with van der Waals surface area (Å²) in [5.41, 5.74) is 1.37. The molecule has 0 radical (unpaired) electrons. The fourth-order valence-electron chi connectivity index (χ4n) is 7.84. The predicted molar refractivity (Wildman–Crippen MR) is 182 cm³/mol. The summed E-state index contributed by atoms with van der Waals surface area (Å²) in [7, 11) is -10.2. The standard InChI is InChI=1S/C25H39N2Si6.C5H5.Fe/c1-28(2)29(3,4)32(9,24-16-12-13-17-24)31(7,8)33(10,30(28,5)6)25-18-14-11-15-23(25)19-22(20-26)21-27;1-2-4-5-3-1;/h11-19H,1-10H3;1-5H;/q2*-1;+2. The Morgan fingerprint density at radius 3 is 1.67 bits per heavy atom. The zero-order valence-electron chi connectivity index (χ0n) is 25.3. The van der Waals surface area contributed by atoms with Crippen LogP contribution in [-0.2, 0) is 17.1 Å². The van der Waals surface area contributed by atoms with E-state index in [9.17, 15) is 10.5 Å². The largest absolute Gasteiger partial charge is 2.00 e. The van der Waals surface area contributed by atoms with Crippen molar-refractivity contribution >= 4 is 59.1 Å². The van der Waals surface area contributed by atoms with Crippen molar-refractivity contribution in [2.45, 2.75) is 65.5 Å². The average molecular weight is 657 g/mol. The average Bonchev–Trinajstić information content (AvgIpc) is 3.62. The zero-order chi connectivity index (χ0) is 28.6. The summed E-state index contributed by atoms with van der Waals surface area (Å²) >= 11 is 0. The Kier molecular flexibility index (Phi) is 10.1. The van der Waals surface area contributed by atoms with Crippen LogP contribution >= 0.6 is 0 Å². The predicted octanol–water partition coefficient (Wildman–Crippen LogP) is 6.83. The van der Waals surface area contributed by atoms with Crippen LogP contribution in [0.3, 0.4) is 0 Å². The summed E-state index contributed by atoms with van der Waals surface area (Å²) in [6, 6.07) is 32.6. The van der Waals surface area contributed by atoms with Crippen LogP contribution in [0.1, 0.15) is 5.56 Å². The van der Waals surface area contributed by atoms with Crippen molar-refractivity contribution < 1.29 is 17.1 Å². The van der Waals surface area contributed by atoms with E-state index in [2.05, 4.69) is 126 Å². The molecule has 1 fully saturated rings. The number of allylic oxidation sites excluding steroid dienone is 1. The van der Waals surface area contributed by atoms with Gasteiger partial charge in [0.15, 0.2) is 0 Å². The van der Waals surface area contributed by atoms with Gasteiger partial charge in [0, 0.05) is 35.5 Å². The van der Waals surface area contributed by atoms with Gasteiger partial charge in [-0.25, -0.2) is 24.3 Å². The Balaban J connectivity index is 0.000000797. The van der Waals surface area contributed by atoms with Crippen molar-refractivity contribution in [2.24, 2.45) is 0 Å². The quantitative estimate of drug-likeness (QED) is 0.176. The minimum atomic E-state index is -1.95. The van der Waals surface area contributed by atoms with Crippen molar-refractivity contribution in [2.75, 3.05) is 0 Å². The third kappa shape index (κ3) is 4.75. The molecule has 1 saturated heterocycles. The Morgan fingerprint density at radius 2 is 1.21 bits per heavy atom. The molecule has 1 aliphatic rings. The van der Waals surface area contributed by atoms with Gasteiger partial charge in [0.05, 0.1) is 7.11 Å². The Hall–Kier alpha value is -1.54. The van der Waals surface area contributed by atoms with Crippen LogP contribution in [0.25, 0.3) is 6.08 Å². The van der Waals surface area contributed by atoms with E-state index >= 15 is 0 Å². The summed E-state index contributed by atoms with van der Waals surface area (Å²) in [4.78, 5) is 0. The summed E-state index contributed by atoms with van der Waals surface area (Å²) < 4.78 is 0. The van der Waals surface area contributed by atoms with Gasteiger partial charge in [-0.15, -0.1) is 0 Å². The number of nitriles is 2. The maximum atomic E-state index is 9.53. The van der Waals surface area contributed by atoms with E-state index in [-0.39, 0.29) is 22.6 Å². The number of hydrogen-bond donors (Lipinski definition) is 0. The smallest absolute Gasteiger partial charge is 0.214 e. The van der Waals surface area contributed by atoms with Gasteiger partial charge in [-0.1, -0.05) is 94.9 Å². The van der Waals surface area contributed by atoms with Gasteiger partial charge in [0.2, 0.25) is 0 Å². The minimum Gasteiger partial charge on any atom is -0.214 e. The van der Waals surface area contributed by atoms with E-state index in [4.69, 9.17) is 0 Å². The molecule has 9 heteroatoms. The fourth-order valence-corrected chi connectivity index (χ4v) is 250. The third-order valence-electron chi connectivity index (χ3n) is 12.0. The van der Waals surface area contributed by atoms with Crippen LogP contribution in [0.5, 0.6) is 0 Å². The molecule has 0 saturated carbocycles. The normalized spacial score (nSPS) is 25.4. The summed E-state index contributed by atoms with van der Waals surface area (Å²) in [6.07, 6.45) is 1.88. The molecule has 0 spiro atoms. The van der Waals surface area contributed by atoms with E-state index in [1.54, 1.807) is 10.4 Å². The van der Waals surface area contributed by atoms with Crippen LogP contribution < -0.4 is 10.4 Å². The summed E-state index contributed by atoms with van der Waals surface area (Å²) in [5.74, 6) is 0. The molecule has 2 atom stereocenters. The van der Waals surface area contributed by atoms with Crippen LogP contribution in [0, 0.1) is 22.7 Å². The first-order chi connectivity index (χ1) is 17.6. The summed E-state index contributed by atoms with van der Waals surface area (Å²) in [6.45, 7) is 27.8. The molecule has 39 heavy (non-hydrogen) atoms. The Bertz CT molecular complexity index is 1340. The maximum Gasteiger partial charge on any atom is 2.00 e. The van der Waals surface area contributed by atoms with Crippen molar-refractivity contribution in [3.05, 3.63) is 90.0 Å². The van der Waals surface area contributed by atoms with Crippen LogP contribution in [-0.4, -0.2) is 42.7 Å². The van der Waals surface area contributed by atoms with Crippen molar-refractivity contribution in [1.29, 1.82) is 10.5 Å². The monoisotopic (exact) mass is 656 g/mol. The molecular weight excluding hydrogens is 613 g/mol. The fraction of sp³-hybridized carbons (Fsp3) is 0.333. The second-order valence-electron chi connectivity index (χ2n) is 13.3. The van der Waals surface area contributed by atoms with Crippen LogP contribution in [0.2, 0.25) is 65.5 Å². The molecule has 0 aliphatic carbocycles. The third-order valence-corrected chi connectivity index (χ3v) is 160. The van der Waals surface area contributed by atoms with Crippen molar-refractivity contribution in [3.63, 3.8) is 0 Å². The first-order valence-corrected chi connectivity index (χ1v) is 36.6. The Labute approximate surface area is 252 Å². The molecule has 2 unspecified atom stereocenters. The van der Waals surface area contributed by atoms with Gasteiger partial charge in [-0.3, -0.25) is 0 Å². The molecule has 3 aromatic rings. The minimum absolute atomic E-state index is 0. The molecule has 0 bridgehead atoms. The molecule has 206 valence electrons. The van der Waals surface area contributed by atoms with E-state index < -0.39 is 42.7 Å². The van der Waals surface area contributed by atoms with Crippen molar-refractivity contribution in [3.8, 4) is 12.1 Å². The summed E-state index contributed by atoms with van der Waals surface area (Å²) in [5, 5.41) is 22.3. The number of benzene rings is 1.